The van der Waals surface area contributed by atoms with Crippen LogP contribution in [0, 0.1) is 0 Å². The summed E-state index contributed by atoms with van der Waals surface area (Å²) in [5.74, 6) is -0.785. The number of hydrogen-bond donors (Lipinski definition) is 3. The van der Waals surface area contributed by atoms with Crippen LogP contribution in [0.4, 0.5) is 0 Å². The zero-order valence-corrected chi connectivity index (χ0v) is 13.2. The molecule has 1 aromatic carbocycles. The van der Waals surface area contributed by atoms with E-state index in [-0.39, 0.29) is 30.2 Å². The van der Waals surface area contributed by atoms with Gasteiger partial charge < -0.3 is 16.0 Å². The first-order chi connectivity index (χ1) is 11.5. The molecule has 3 atom stereocenters. The van der Waals surface area contributed by atoms with Crippen molar-refractivity contribution < 1.29 is 14.4 Å². The number of hydrogen-bond acceptors (Lipinski definition) is 5. The predicted molar refractivity (Wildman–Crippen MR) is 85.7 cm³/mol. The number of nitrogens with two attached hydrogens (primary N) is 1. The number of nitrogens with zero attached hydrogens (tertiary/aromatic N) is 1. The highest BCUT2D eigenvalue weighted by Gasteiger charge is 2.39. The Morgan fingerprint density at radius 1 is 1.29 bits per heavy atom. The van der Waals surface area contributed by atoms with Crippen LogP contribution in [0.25, 0.3) is 0 Å². The number of amides is 3. The fourth-order valence-corrected chi connectivity index (χ4v) is 3.44. The zero-order valence-electron chi connectivity index (χ0n) is 13.2. The van der Waals surface area contributed by atoms with Gasteiger partial charge in [0.15, 0.2) is 0 Å². The van der Waals surface area contributed by atoms with Crippen LogP contribution in [-0.4, -0.2) is 40.7 Å². The van der Waals surface area contributed by atoms with Gasteiger partial charge in [-0.1, -0.05) is 12.1 Å². The molecule has 3 aliphatic rings. The summed E-state index contributed by atoms with van der Waals surface area (Å²) in [5.41, 5.74) is 8.47. The van der Waals surface area contributed by atoms with Gasteiger partial charge in [-0.3, -0.25) is 19.7 Å². The summed E-state index contributed by atoms with van der Waals surface area (Å²) in [5, 5.41) is 5.70. The molecule has 126 valence electrons. The maximum absolute atomic E-state index is 12.6. The van der Waals surface area contributed by atoms with Crippen LogP contribution in [-0.2, 0) is 22.7 Å². The van der Waals surface area contributed by atoms with Crippen LogP contribution in [0.2, 0.25) is 0 Å². The van der Waals surface area contributed by atoms with Crippen LogP contribution in [0.5, 0.6) is 0 Å². The normalized spacial score (nSPS) is 28.8. The molecule has 2 aliphatic heterocycles. The molecule has 3 amide bonds. The molecule has 24 heavy (non-hydrogen) atoms. The van der Waals surface area contributed by atoms with Crippen molar-refractivity contribution in [1.29, 1.82) is 0 Å². The van der Waals surface area contributed by atoms with Gasteiger partial charge in [-0.15, -0.1) is 0 Å². The third kappa shape index (κ3) is 2.70. The number of carbonyl (C=O) groups excluding carboxylic acids is 3. The molecule has 4 N–H and O–H groups in total. The van der Waals surface area contributed by atoms with Crippen molar-refractivity contribution in [3.8, 4) is 0 Å². The first kappa shape index (κ1) is 15.3. The number of carbonyl (C=O) groups is 3. The smallest absolute Gasteiger partial charge is 0.255 e. The van der Waals surface area contributed by atoms with Crippen molar-refractivity contribution in [2.24, 2.45) is 5.73 Å². The molecule has 1 saturated heterocycles. The second-order valence-electron chi connectivity index (χ2n) is 6.78. The van der Waals surface area contributed by atoms with E-state index < -0.39 is 6.04 Å². The van der Waals surface area contributed by atoms with Gasteiger partial charge in [-0.2, -0.15) is 0 Å². The van der Waals surface area contributed by atoms with Gasteiger partial charge in [0.05, 0.1) is 0 Å². The lowest BCUT2D eigenvalue weighted by atomic mass is 10.0. The first-order valence-corrected chi connectivity index (χ1v) is 8.28. The average molecular weight is 328 g/mol. The molecule has 1 aromatic rings. The highest BCUT2D eigenvalue weighted by atomic mass is 16.2. The minimum absolute atomic E-state index is 0.136. The number of rotatable bonds is 4. The van der Waals surface area contributed by atoms with Crippen LogP contribution >= 0.6 is 0 Å². The van der Waals surface area contributed by atoms with Gasteiger partial charge in [0, 0.05) is 37.2 Å². The maximum atomic E-state index is 12.6. The van der Waals surface area contributed by atoms with Crippen LogP contribution in [0.1, 0.15) is 40.7 Å². The monoisotopic (exact) mass is 328 g/mol. The van der Waals surface area contributed by atoms with Crippen molar-refractivity contribution in [2.45, 2.75) is 50.5 Å². The maximum Gasteiger partial charge on any atom is 0.255 e. The molecule has 1 aliphatic carbocycles. The van der Waals surface area contributed by atoms with E-state index in [1.54, 1.807) is 4.90 Å². The Morgan fingerprint density at radius 2 is 2.08 bits per heavy atom. The standard InChI is InChI=1S/C17H20N4O3/c18-12-6-13(12)19-7-9-1-2-11-10(5-9)8-21(17(11)24)14-3-4-15(22)20-16(14)23/h1-2,5,12-14,19H,3-4,6-8,18H2,(H,20,22,23)/t12-,13-,14?/m1/s1. The summed E-state index contributed by atoms with van der Waals surface area (Å²) in [7, 11) is 0. The third-order valence-corrected chi connectivity index (χ3v) is 5.00. The van der Waals surface area contributed by atoms with E-state index in [1.165, 1.54) is 0 Å². The number of fused-ring (bicyclic) bond motifs is 1. The van der Waals surface area contributed by atoms with E-state index in [2.05, 4.69) is 10.6 Å². The SMILES string of the molecule is N[C@@H]1C[C@H]1NCc1ccc2c(c1)CN(C1CCC(=O)NC1=O)C2=O. The van der Waals surface area contributed by atoms with E-state index in [0.29, 0.717) is 24.6 Å². The van der Waals surface area contributed by atoms with Crippen LogP contribution in [0.15, 0.2) is 18.2 Å². The van der Waals surface area contributed by atoms with E-state index in [1.807, 2.05) is 18.2 Å². The lowest BCUT2D eigenvalue weighted by Crippen LogP contribution is -2.52. The molecular formula is C17H20N4O3. The quantitative estimate of drug-likeness (QED) is 0.655. The van der Waals surface area contributed by atoms with Gasteiger partial charge in [-0.25, -0.2) is 0 Å². The first-order valence-electron chi connectivity index (χ1n) is 8.28. The summed E-state index contributed by atoms with van der Waals surface area (Å²) < 4.78 is 0. The van der Waals surface area contributed by atoms with Crippen LogP contribution in [0.3, 0.4) is 0 Å². The lowest BCUT2D eigenvalue weighted by Gasteiger charge is -2.29. The largest absolute Gasteiger partial charge is 0.326 e. The van der Waals surface area contributed by atoms with Crippen molar-refractivity contribution in [3.63, 3.8) is 0 Å². The van der Waals surface area contributed by atoms with Crippen LogP contribution < -0.4 is 16.4 Å². The minimum atomic E-state index is -0.561. The van der Waals surface area contributed by atoms with Gasteiger partial charge in [0.2, 0.25) is 11.8 Å². The van der Waals surface area contributed by atoms with Crippen molar-refractivity contribution in [3.05, 3.63) is 34.9 Å². The van der Waals surface area contributed by atoms with E-state index in [4.69, 9.17) is 5.73 Å². The van der Waals surface area contributed by atoms with Gasteiger partial charge >= 0.3 is 0 Å². The summed E-state index contributed by atoms with van der Waals surface area (Å²) in [6, 6.07) is 5.86. The predicted octanol–water partition coefficient (Wildman–Crippen LogP) is -0.363. The van der Waals surface area contributed by atoms with Crippen molar-refractivity contribution in [1.82, 2.24) is 15.5 Å². The molecular weight excluding hydrogens is 308 g/mol. The fourth-order valence-electron chi connectivity index (χ4n) is 3.44. The number of piperidine rings is 1. The summed E-state index contributed by atoms with van der Waals surface area (Å²) in [6.07, 6.45) is 1.67. The Labute approximate surface area is 139 Å². The third-order valence-electron chi connectivity index (χ3n) is 5.00. The highest BCUT2D eigenvalue weighted by Crippen LogP contribution is 2.28. The molecule has 0 bridgehead atoms. The summed E-state index contributed by atoms with van der Waals surface area (Å²) >= 11 is 0. The lowest BCUT2D eigenvalue weighted by molar-refractivity contribution is -0.136. The van der Waals surface area contributed by atoms with Crippen molar-refractivity contribution >= 4 is 17.7 Å². The number of nitrogens with one attached hydrogen (secondary N) is 2. The molecule has 1 saturated carbocycles. The Kier molecular flexibility index (Phi) is 3.62. The van der Waals surface area contributed by atoms with E-state index in [9.17, 15) is 14.4 Å². The molecule has 2 fully saturated rings. The molecule has 0 spiro atoms. The summed E-state index contributed by atoms with van der Waals surface area (Å²) in [4.78, 5) is 37.5. The fraction of sp³-hybridized carbons (Fsp3) is 0.471. The zero-order chi connectivity index (χ0) is 16.8. The van der Waals surface area contributed by atoms with Crippen molar-refractivity contribution in [2.75, 3.05) is 0 Å². The van der Waals surface area contributed by atoms with Gasteiger partial charge in [0.1, 0.15) is 6.04 Å². The minimum Gasteiger partial charge on any atom is -0.326 e. The average Bonchev–Trinajstić information content (AvgIpc) is 3.16. The van der Waals surface area contributed by atoms with E-state index >= 15 is 0 Å². The molecule has 0 radical (unpaired) electrons. The molecule has 0 aromatic heterocycles. The second kappa shape index (κ2) is 5.68. The molecule has 7 heteroatoms. The molecule has 1 unspecified atom stereocenters. The Morgan fingerprint density at radius 3 is 2.79 bits per heavy atom. The topological polar surface area (TPSA) is 105 Å². The molecule has 2 heterocycles. The Bertz CT molecular complexity index is 733. The summed E-state index contributed by atoms with van der Waals surface area (Å²) in [6.45, 7) is 1.13. The highest BCUT2D eigenvalue weighted by molar-refractivity contribution is 6.05. The number of benzene rings is 1. The van der Waals surface area contributed by atoms with Gasteiger partial charge in [0.25, 0.3) is 5.91 Å². The Balaban J connectivity index is 1.47. The second-order valence-corrected chi connectivity index (χ2v) is 6.78. The molecule has 7 nitrogen and oxygen atoms in total. The van der Waals surface area contributed by atoms with E-state index in [0.717, 1.165) is 24.1 Å². The number of imide groups is 1. The molecule has 4 rings (SSSR count). The Hall–Kier alpha value is -2.25. The van der Waals surface area contributed by atoms with Gasteiger partial charge in [-0.05, 0) is 30.0 Å².